The van der Waals surface area contributed by atoms with Crippen molar-refractivity contribution in [2.45, 2.75) is 80.1 Å². The van der Waals surface area contributed by atoms with Gasteiger partial charge in [0, 0.05) is 16.9 Å². The topological polar surface area (TPSA) is 35.5 Å². The van der Waals surface area contributed by atoms with Crippen LogP contribution in [-0.2, 0) is 0 Å². The maximum atomic E-state index is 13.3. The first kappa shape index (κ1) is 28.8. The quantitative estimate of drug-likeness (QED) is 0.197. The fraction of sp³-hybridized carbons (Fsp3) is 0.519. The molecular weight excluding hydrogens is 410 g/mol. The molecule has 0 bridgehead atoms. The number of unbranched alkanes of at least 4 members (excludes halogenated alkanes) is 4. The van der Waals surface area contributed by atoms with E-state index < -0.39 is 0 Å². The molecule has 0 saturated heterocycles. The number of benzene rings is 2. The molecule has 5 heteroatoms. The Morgan fingerprint density at radius 3 is 2.06 bits per heavy atom. The predicted molar refractivity (Wildman–Crippen MR) is 141 cm³/mol. The monoisotopic (exact) mass is 450 g/mol. The molecule has 32 heavy (non-hydrogen) atoms. The first-order chi connectivity index (χ1) is 14.9. The summed E-state index contributed by atoms with van der Waals surface area (Å²) in [6.45, 7) is 14.0. The van der Waals surface area contributed by atoms with Crippen molar-refractivity contribution >= 4 is 38.3 Å². The summed E-state index contributed by atoms with van der Waals surface area (Å²) in [5.41, 5.74) is 5.62. The van der Waals surface area contributed by atoms with Crippen LogP contribution in [0.15, 0.2) is 24.3 Å². The van der Waals surface area contributed by atoms with Gasteiger partial charge in [0.15, 0.2) is 5.52 Å². The van der Waals surface area contributed by atoms with Crippen molar-refractivity contribution < 1.29 is 14.3 Å². The first-order valence-corrected chi connectivity index (χ1v) is 12.7. The molecule has 0 aromatic heterocycles. The molecule has 2 rings (SSSR count). The molecule has 0 N–H and O–H groups in total. The van der Waals surface area contributed by atoms with Crippen molar-refractivity contribution in [3.63, 3.8) is 0 Å². The Hall–Kier alpha value is -1.26. The Morgan fingerprint density at radius 2 is 1.44 bits per heavy atom. The van der Waals surface area contributed by atoms with Gasteiger partial charge in [-0.2, -0.15) is 0 Å². The Bertz CT molecular complexity index is 880. The summed E-state index contributed by atoms with van der Waals surface area (Å²) >= 11 is 0. The van der Waals surface area contributed by atoms with Gasteiger partial charge < -0.3 is 9.47 Å². The molecule has 172 valence electrons. The number of rotatable bonds is 13. The van der Waals surface area contributed by atoms with E-state index in [1.807, 2.05) is 25.1 Å². The van der Waals surface area contributed by atoms with Gasteiger partial charge in [-0.25, -0.2) is 0 Å². The minimum absolute atomic E-state index is 0. The Kier molecular flexibility index (Phi) is 13.3. The standard InChI is InChI=1S/C27H39O3P.Li.H/c1-7-9-11-15-29-23-13-14-25(24(18-23)30-16-12-10-8-2)31-27(28)26-20(4)17-19(3)21(5)22(26)6;;/h13-14,17-18,31H,7-12,15-16H2,1-6H3;;. The van der Waals surface area contributed by atoms with Crippen LogP contribution in [0.25, 0.3) is 0 Å². The summed E-state index contributed by atoms with van der Waals surface area (Å²) in [6, 6.07) is 8.07. The van der Waals surface area contributed by atoms with Crippen molar-refractivity contribution in [3.8, 4) is 11.5 Å². The summed E-state index contributed by atoms with van der Waals surface area (Å²) < 4.78 is 12.0. The van der Waals surface area contributed by atoms with E-state index in [-0.39, 0.29) is 33.0 Å². The third-order valence-corrected chi connectivity index (χ3v) is 6.97. The molecule has 0 aliphatic heterocycles. The second kappa shape index (κ2) is 14.8. The Labute approximate surface area is 209 Å². The number of carbonyl (C=O) groups excluding carboxylic acids is 1. The fourth-order valence-corrected chi connectivity index (χ4v) is 4.90. The molecule has 2 aromatic carbocycles. The average molecular weight is 451 g/mol. The predicted octanol–water partition coefficient (Wildman–Crippen LogP) is 6.55. The van der Waals surface area contributed by atoms with E-state index in [1.54, 1.807) is 0 Å². The third-order valence-electron chi connectivity index (χ3n) is 5.81. The zero-order valence-electron chi connectivity index (χ0n) is 20.2. The van der Waals surface area contributed by atoms with Gasteiger partial charge in [0.25, 0.3) is 0 Å². The van der Waals surface area contributed by atoms with Crippen LogP contribution in [-0.4, -0.2) is 37.6 Å². The van der Waals surface area contributed by atoms with Crippen LogP contribution >= 0.6 is 8.58 Å². The van der Waals surface area contributed by atoms with E-state index in [4.69, 9.17) is 9.47 Å². The van der Waals surface area contributed by atoms with Crippen LogP contribution in [0.2, 0.25) is 0 Å². The molecule has 1 unspecified atom stereocenters. The molecule has 0 aliphatic rings. The van der Waals surface area contributed by atoms with Crippen molar-refractivity contribution in [1.29, 1.82) is 0 Å². The van der Waals surface area contributed by atoms with Crippen LogP contribution < -0.4 is 14.8 Å². The molecule has 0 spiro atoms. The van der Waals surface area contributed by atoms with E-state index >= 15 is 0 Å². The molecule has 0 fully saturated rings. The second-order valence-corrected chi connectivity index (χ2v) is 9.60. The van der Waals surface area contributed by atoms with E-state index in [2.05, 4.69) is 40.7 Å². The molecular formula is C27H40LiO3P. The Balaban J connectivity index is 0.00000512. The average Bonchev–Trinajstić information content (AvgIpc) is 2.74. The number of hydrogen-bond acceptors (Lipinski definition) is 3. The first-order valence-electron chi connectivity index (χ1n) is 11.7. The molecule has 0 aliphatic carbocycles. The van der Waals surface area contributed by atoms with Crippen LogP contribution in [0.3, 0.4) is 0 Å². The van der Waals surface area contributed by atoms with Crippen molar-refractivity contribution in [1.82, 2.24) is 0 Å². The van der Waals surface area contributed by atoms with Gasteiger partial charge in [0.05, 0.1) is 13.2 Å². The van der Waals surface area contributed by atoms with Crippen LogP contribution in [0.1, 0.15) is 85.0 Å². The van der Waals surface area contributed by atoms with Crippen LogP contribution in [0.4, 0.5) is 0 Å². The van der Waals surface area contributed by atoms with Gasteiger partial charge in [-0.15, -0.1) is 0 Å². The molecule has 1 atom stereocenters. The third kappa shape index (κ3) is 8.26. The Morgan fingerprint density at radius 1 is 0.812 bits per heavy atom. The van der Waals surface area contributed by atoms with Crippen molar-refractivity contribution in [3.05, 3.63) is 52.1 Å². The number of ether oxygens (including phenoxy) is 2. The van der Waals surface area contributed by atoms with E-state index in [0.717, 1.165) is 59.2 Å². The fourth-order valence-electron chi connectivity index (χ4n) is 3.71. The summed E-state index contributed by atoms with van der Waals surface area (Å²) in [6.07, 6.45) is 6.71. The summed E-state index contributed by atoms with van der Waals surface area (Å²) in [5, 5.41) is 0.958. The van der Waals surface area contributed by atoms with Gasteiger partial charge in [-0.05, 0) is 83.5 Å². The number of aryl methyl sites for hydroxylation is 2. The summed E-state index contributed by atoms with van der Waals surface area (Å²) in [7, 11) is 0.0319. The van der Waals surface area contributed by atoms with Gasteiger partial charge >= 0.3 is 18.9 Å². The minimum atomic E-state index is 0. The van der Waals surface area contributed by atoms with E-state index in [0.29, 0.717) is 13.2 Å². The second-order valence-electron chi connectivity index (χ2n) is 8.36. The van der Waals surface area contributed by atoms with Gasteiger partial charge in [0.1, 0.15) is 11.5 Å². The molecule has 0 saturated carbocycles. The molecule has 0 radical (unpaired) electrons. The van der Waals surface area contributed by atoms with Crippen molar-refractivity contribution in [2.75, 3.05) is 13.2 Å². The van der Waals surface area contributed by atoms with E-state index in [9.17, 15) is 4.79 Å². The summed E-state index contributed by atoms with van der Waals surface area (Å²) in [5.74, 6) is 1.61. The van der Waals surface area contributed by atoms with Crippen LogP contribution in [0, 0.1) is 27.7 Å². The van der Waals surface area contributed by atoms with Crippen molar-refractivity contribution in [2.24, 2.45) is 0 Å². The number of carbonyl (C=O) groups is 1. The van der Waals surface area contributed by atoms with Crippen LogP contribution in [0.5, 0.6) is 11.5 Å². The zero-order valence-corrected chi connectivity index (χ0v) is 21.2. The molecule has 2 aromatic rings. The van der Waals surface area contributed by atoms with E-state index in [1.165, 1.54) is 24.0 Å². The summed E-state index contributed by atoms with van der Waals surface area (Å²) in [4.78, 5) is 13.3. The van der Waals surface area contributed by atoms with Gasteiger partial charge in [-0.1, -0.05) is 45.6 Å². The number of hydrogen-bond donors (Lipinski definition) is 0. The molecule has 3 nitrogen and oxygen atoms in total. The normalized spacial score (nSPS) is 10.9. The van der Waals surface area contributed by atoms with Gasteiger partial charge in [-0.3, -0.25) is 4.79 Å². The maximum absolute atomic E-state index is 13.3. The molecule has 0 heterocycles. The molecule has 0 amide bonds. The van der Waals surface area contributed by atoms with Gasteiger partial charge in [0.2, 0.25) is 0 Å². The SMILES string of the molecule is CCCCCOc1ccc(PC(=O)c2c(C)cc(C)c(C)c2C)c(OCCCCC)c1.[LiH]. The zero-order chi connectivity index (χ0) is 22.8.